The van der Waals surface area contributed by atoms with Crippen LogP contribution in [0.4, 0.5) is 0 Å². The third kappa shape index (κ3) is 3.17. The van der Waals surface area contributed by atoms with Crippen LogP contribution < -0.4 is 14.8 Å². The van der Waals surface area contributed by atoms with E-state index < -0.39 is 0 Å². The zero-order chi connectivity index (χ0) is 13.8. The van der Waals surface area contributed by atoms with Gasteiger partial charge in [-0.25, -0.2) is 0 Å². The van der Waals surface area contributed by atoms with Gasteiger partial charge in [-0.2, -0.15) is 0 Å². The first-order valence-electron chi connectivity index (χ1n) is 6.36. The Hall–Kier alpha value is -1.75. The molecule has 104 valence electrons. The van der Waals surface area contributed by atoms with Crippen LogP contribution in [0, 0.1) is 0 Å². The highest BCUT2D eigenvalue weighted by atomic mass is 16.5. The summed E-state index contributed by atoms with van der Waals surface area (Å²) in [5.41, 5.74) is 1.07. The Labute approximate surface area is 113 Å². The normalized spacial score (nSPS) is 19.1. The van der Waals surface area contributed by atoms with Crippen molar-refractivity contribution in [1.82, 2.24) is 10.2 Å². The van der Waals surface area contributed by atoms with Crippen molar-refractivity contribution in [3.63, 3.8) is 0 Å². The number of carbonyl (C=O) groups is 1. The first-order valence-corrected chi connectivity index (χ1v) is 6.36. The number of nitrogens with zero attached hydrogens (tertiary/aromatic N) is 1. The second-order valence-electron chi connectivity index (χ2n) is 4.62. The molecule has 1 aromatic carbocycles. The molecule has 0 saturated carbocycles. The zero-order valence-corrected chi connectivity index (χ0v) is 11.6. The molecule has 1 unspecified atom stereocenters. The monoisotopic (exact) mass is 264 g/mol. The zero-order valence-electron chi connectivity index (χ0n) is 11.6. The van der Waals surface area contributed by atoms with Crippen LogP contribution in [0.25, 0.3) is 0 Å². The minimum Gasteiger partial charge on any atom is -0.497 e. The van der Waals surface area contributed by atoms with Gasteiger partial charge in [0.1, 0.15) is 11.5 Å². The van der Waals surface area contributed by atoms with E-state index in [-0.39, 0.29) is 11.9 Å². The van der Waals surface area contributed by atoms with E-state index in [9.17, 15) is 4.79 Å². The first kappa shape index (κ1) is 13.7. The fourth-order valence-electron chi connectivity index (χ4n) is 2.29. The van der Waals surface area contributed by atoms with Crippen LogP contribution in [0.1, 0.15) is 18.5 Å². The van der Waals surface area contributed by atoms with Gasteiger partial charge < -0.3 is 19.7 Å². The second-order valence-corrected chi connectivity index (χ2v) is 4.62. The number of nitrogens with one attached hydrogen (secondary N) is 1. The van der Waals surface area contributed by atoms with Crippen molar-refractivity contribution in [2.75, 3.05) is 33.9 Å². The summed E-state index contributed by atoms with van der Waals surface area (Å²) in [4.78, 5) is 13.3. The maximum atomic E-state index is 11.5. The van der Waals surface area contributed by atoms with Gasteiger partial charge in [0.25, 0.3) is 0 Å². The third-order valence-corrected chi connectivity index (χ3v) is 3.40. The predicted molar refractivity (Wildman–Crippen MR) is 72.5 cm³/mol. The lowest BCUT2D eigenvalue weighted by atomic mass is 10.0. The van der Waals surface area contributed by atoms with Crippen molar-refractivity contribution in [3.05, 3.63) is 23.8 Å². The molecule has 1 fully saturated rings. The molecule has 0 bridgehead atoms. The predicted octanol–water partition coefficient (Wildman–Crippen LogP) is 1.20. The molecule has 1 heterocycles. The number of ether oxygens (including phenoxy) is 2. The number of amides is 1. The largest absolute Gasteiger partial charge is 0.497 e. The third-order valence-electron chi connectivity index (χ3n) is 3.40. The van der Waals surface area contributed by atoms with E-state index in [1.165, 1.54) is 0 Å². The molecule has 1 atom stereocenters. The van der Waals surface area contributed by atoms with E-state index in [4.69, 9.17) is 9.47 Å². The van der Waals surface area contributed by atoms with Gasteiger partial charge in [-0.15, -0.1) is 0 Å². The average molecular weight is 264 g/mol. The molecule has 0 radical (unpaired) electrons. The smallest absolute Gasteiger partial charge is 0.219 e. The van der Waals surface area contributed by atoms with Gasteiger partial charge >= 0.3 is 0 Å². The van der Waals surface area contributed by atoms with Crippen molar-refractivity contribution >= 4 is 5.91 Å². The number of piperazine rings is 1. The molecule has 0 spiro atoms. The Morgan fingerprint density at radius 3 is 2.42 bits per heavy atom. The van der Waals surface area contributed by atoms with Crippen molar-refractivity contribution in [1.29, 1.82) is 0 Å². The summed E-state index contributed by atoms with van der Waals surface area (Å²) in [6.07, 6.45) is 0. The SMILES string of the molecule is COc1cc(OC)cc(C2CN(C(C)=O)CCN2)c1. The van der Waals surface area contributed by atoms with Crippen molar-refractivity contribution in [2.45, 2.75) is 13.0 Å². The maximum absolute atomic E-state index is 11.5. The molecule has 1 aromatic rings. The topological polar surface area (TPSA) is 50.8 Å². The molecule has 1 amide bonds. The molecule has 5 nitrogen and oxygen atoms in total. The highest BCUT2D eigenvalue weighted by molar-refractivity contribution is 5.73. The number of hydrogen-bond donors (Lipinski definition) is 1. The number of benzene rings is 1. The standard InChI is InChI=1S/C14H20N2O3/c1-10(17)16-5-4-15-14(9-16)11-6-12(18-2)8-13(7-11)19-3/h6-8,14-15H,4-5,9H2,1-3H3. The lowest BCUT2D eigenvalue weighted by Gasteiger charge is -2.33. The lowest BCUT2D eigenvalue weighted by Crippen LogP contribution is -2.47. The summed E-state index contributed by atoms with van der Waals surface area (Å²) >= 11 is 0. The van der Waals surface area contributed by atoms with Crippen molar-refractivity contribution in [3.8, 4) is 11.5 Å². The van der Waals surface area contributed by atoms with Gasteiger partial charge in [-0.1, -0.05) is 0 Å². The van der Waals surface area contributed by atoms with Crippen LogP contribution in [0.5, 0.6) is 11.5 Å². The van der Waals surface area contributed by atoms with Gasteiger partial charge in [0, 0.05) is 32.6 Å². The molecule has 0 aliphatic carbocycles. The molecule has 19 heavy (non-hydrogen) atoms. The second kappa shape index (κ2) is 5.93. The van der Waals surface area contributed by atoms with E-state index in [0.717, 1.165) is 30.2 Å². The van der Waals surface area contributed by atoms with Gasteiger partial charge in [-0.05, 0) is 17.7 Å². The molecule has 5 heteroatoms. The average Bonchev–Trinajstić information content (AvgIpc) is 2.46. The summed E-state index contributed by atoms with van der Waals surface area (Å²) in [6, 6.07) is 5.91. The minimum atomic E-state index is 0.112. The van der Waals surface area contributed by atoms with Gasteiger partial charge in [0.2, 0.25) is 5.91 Å². The molecule has 1 saturated heterocycles. The van der Waals surface area contributed by atoms with Gasteiger partial charge in [-0.3, -0.25) is 4.79 Å². The maximum Gasteiger partial charge on any atom is 0.219 e. The Balaban J connectivity index is 2.22. The van der Waals surface area contributed by atoms with Crippen molar-refractivity contribution < 1.29 is 14.3 Å². The summed E-state index contributed by atoms with van der Waals surface area (Å²) in [5.74, 6) is 1.63. The number of rotatable bonds is 3. The van der Waals surface area contributed by atoms with E-state index in [2.05, 4.69) is 5.32 Å². The molecule has 1 aliphatic heterocycles. The Bertz CT molecular complexity index is 440. The molecular weight excluding hydrogens is 244 g/mol. The quantitative estimate of drug-likeness (QED) is 0.891. The van der Waals surface area contributed by atoms with Crippen LogP contribution >= 0.6 is 0 Å². The van der Waals surface area contributed by atoms with E-state index in [1.54, 1.807) is 21.1 Å². The summed E-state index contributed by atoms with van der Waals surface area (Å²) in [6.45, 7) is 3.83. The fourth-order valence-corrected chi connectivity index (χ4v) is 2.29. The van der Waals surface area contributed by atoms with Crippen molar-refractivity contribution in [2.24, 2.45) is 0 Å². The van der Waals surface area contributed by atoms with Crippen LogP contribution in [0.15, 0.2) is 18.2 Å². The molecule has 2 rings (SSSR count). The van der Waals surface area contributed by atoms with Crippen LogP contribution in [-0.2, 0) is 4.79 Å². The molecule has 1 N–H and O–H groups in total. The number of methoxy groups -OCH3 is 2. The first-order chi connectivity index (χ1) is 9.13. The summed E-state index contributed by atoms with van der Waals surface area (Å²) in [5, 5.41) is 3.42. The van der Waals surface area contributed by atoms with Crippen LogP contribution in [0.2, 0.25) is 0 Å². The van der Waals surface area contributed by atoms with E-state index >= 15 is 0 Å². The molecule has 0 aromatic heterocycles. The van der Waals surface area contributed by atoms with Gasteiger partial charge in [0.15, 0.2) is 0 Å². The Kier molecular flexibility index (Phi) is 4.27. The minimum absolute atomic E-state index is 0.112. The number of carbonyl (C=O) groups excluding carboxylic acids is 1. The van der Waals surface area contributed by atoms with E-state index in [0.29, 0.717) is 6.54 Å². The van der Waals surface area contributed by atoms with E-state index in [1.807, 2.05) is 23.1 Å². The Morgan fingerprint density at radius 1 is 1.26 bits per heavy atom. The highest BCUT2D eigenvalue weighted by Crippen LogP contribution is 2.27. The Morgan fingerprint density at radius 2 is 1.89 bits per heavy atom. The van der Waals surface area contributed by atoms with Crippen LogP contribution in [0.3, 0.4) is 0 Å². The molecular formula is C14H20N2O3. The number of hydrogen-bond acceptors (Lipinski definition) is 4. The highest BCUT2D eigenvalue weighted by Gasteiger charge is 2.23. The summed E-state index contributed by atoms with van der Waals surface area (Å²) in [7, 11) is 3.27. The summed E-state index contributed by atoms with van der Waals surface area (Å²) < 4.78 is 10.5. The van der Waals surface area contributed by atoms with Crippen LogP contribution in [-0.4, -0.2) is 44.7 Å². The molecule has 1 aliphatic rings. The fraction of sp³-hybridized carbons (Fsp3) is 0.500. The van der Waals surface area contributed by atoms with Gasteiger partial charge in [0.05, 0.1) is 20.3 Å². The lowest BCUT2D eigenvalue weighted by molar-refractivity contribution is -0.130.